The Morgan fingerprint density at radius 1 is 1.36 bits per heavy atom. The number of aromatic nitrogens is 1. The Hall–Kier alpha value is -2.32. The number of quaternary nitrogens is 1. The first kappa shape index (κ1) is 14.6. The molecule has 1 aromatic heterocycles. The lowest BCUT2D eigenvalue weighted by atomic mass is 10.1. The summed E-state index contributed by atoms with van der Waals surface area (Å²) in [7, 11) is 0. The van der Waals surface area contributed by atoms with Crippen molar-refractivity contribution in [2.45, 2.75) is 13.8 Å². The molecule has 0 radical (unpaired) electrons. The summed E-state index contributed by atoms with van der Waals surface area (Å²) in [5.41, 5.74) is 2.45. The maximum Gasteiger partial charge on any atom is 0.235 e. The average Bonchev–Trinajstić information content (AvgIpc) is 2.99. The van der Waals surface area contributed by atoms with Crippen LogP contribution in [0.2, 0.25) is 0 Å². The van der Waals surface area contributed by atoms with E-state index in [0.29, 0.717) is 17.5 Å². The van der Waals surface area contributed by atoms with Gasteiger partial charge in [-0.05, 0) is 26.0 Å². The molecule has 3 rings (SSSR count). The van der Waals surface area contributed by atoms with Gasteiger partial charge in [-0.25, -0.2) is 0 Å². The van der Waals surface area contributed by atoms with Crippen LogP contribution in [0.15, 0.2) is 28.7 Å². The summed E-state index contributed by atoms with van der Waals surface area (Å²) in [5.74, 6) is 1.15. The first-order valence-electron chi connectivity index (χ1n) is 7.77. The number of hydrogen-bond donors (Lipinski definition) is 1. The standard InChI is InChI=1S/C17H20N4O/c1-3-20-7-9-21(10-8-20)17-15(12-18)19-16(22-17)14-6-4-5-13(2)11-14/h4-6,11H,3,7-10H2,1-2H3/p+1. The second-order valence-electron chi connectivity index (χ2n) is 5.74. The summed E-state index contributed by atoms with van der Waals surface area (Å²) >= 11 is 0. The average molecular weight is 297 g/mol. The SMILES string of the molecule is CC[NH+]1CCN(c2oc(-c3cccc(C)c3)nc2C#N)CC1. The van der Waals surface area contributed by atoms with Crippen LogP contribution in [0.4, 0.5) is 5.88 Å². The van der Waals surface area contributed by atoms with Crippen molar-refractivity contribution in [3.63, 3.8) is 0 Å². The van der Waals surface area contributed by atoms with Crippen LogP contribution in [-0.4, -0.2) is 37.7 Å². The van der Waals surface area contributed by atoms with Gasteiger partial charge in [-0.1, -0.05) is 17.7 Å². The fourth-order valence-corrected chi connectivity index (χ4v) is 2.88. The van der Waals surface area contributed by atoms with Crippen LogP contribution < -0.4 is 9.80 Å². The second kappa shape index (κ2) is 6.20. The normalized spacial score (nSPS) is 15.8. The fraction of sp³-hybridized carbons (Fsp3) is 0.412. The van der Waals surface area contributed by atoms with Gasteiger partial charge in [-0.3, -0.25) is 0 Å². The minimum atomic E-state index is 0.386. The lowest BCUT2D eigenvalue weighted by Crippen LogP contribution is -3.14. The van der Waals surface area contributed by atoms with E-state index in [4.69, 9.17) is 4.42 Å². The molecular weight excluding hydrogens is 276 g/mol. The lowest BCUT2D eigenvalue weighted by Gasteiger charge is -2.31. The number of rotatable bonds is 3. The predicted octanol–water partition coefficient (Wildman–Crippen LogP) is 1.25. The Morgan fingerprint density at radius 2 is 2.14 bits per heavy atom. The molecule has 5 heteroatoms. The molecule has 1 aromatic carbocycles. The molecule has 0 aliphatic carbocycles. The van der Waals surface area contributed by atoms with E-state index in [0.717, 1.165) is 43.9 Å². The van der Waals surface area contributed by atoms with Gasteiger partial charge in [0, 0.05) is 5.56 Å². The molecule has 2 aromatic rings. The number of nitrogens with one attached hydrogen (secondary N) is 1. The fourth-order valence-electron chi connectivity index (χ4n) is 2.88. The van der Waals surface area contributed by atoms with Crippen LogP contribution in [-0.2, 0) is 0 Å². The molecule has 0 saturated carbocycles. The molecule has 1 aliphatic rings. The third kappa shape index (κ3) is 2.83. The molecule has 0 spiro atoms. The van der Waals surface area contributed by atoms with Gasteiger partial charge in [0.1, 0.15) is 6.07 Å². The van der Waals surface area contributed by atoms with Crippen molar-refractivity contribution < 1.29 is 9.32 Å². The molecule has 2 heterocycles. The zero-order valence-corrected chi connectivity index (χ0v) is 13.1. The highest BCUT2D eigenvalue weighted by atomic mass is 16.4. The monoisotopic (exact) mass is 297 g/mol. The van der Waals surface area contributed by atoms with Crippen LogP contribution >= 0.6 is 0 Å². The molecule has 0 atom stereocenters. The molecule has 1 aliphatic heterocycles. The predicted molar refractivity (Wildman–Crippen MR) is 84.8 cm³/mol. The zero-order valence-electron chi connectivity index (χ0n) is 13.1. The third-order valence-electron chi connectivity index (χ3n) is 4.24. The number of likely N-dealkylation sites (N-methyl/N-ethyl adjacent to an activating group) is 1. The highest BCUT2D eigenvalue weighted by Crippen LogP contribution is 2.28. The smallest absolute Gasteiger partial charge is 0.235 e. The van der Waals surface area contributed by atoms with Crippen molar-refractivity contribution in [2.24, 2.45) is 0 Å². The Kier molecular flexibility index (Phi) is 4.12. The van der Waals surface area contributed by atoms with Gasteiger partial charge in [0.05, 0.1) is 32.7 Å². The van der Waals surface area contributed by atoms with Crippen molar-refractivity contribution in [1.82, 2.24) is 4.98 Å². The van der Waals surface area contributed by atoms with Crippen molar-refractivity contribution in [3.8, 4) is 17.5 Å². The molecule has 1 N–H and O–H groups in total. The maximum atomic E-state index is 9.36. The maximum absolute atomic E-state index is 9.36. The zero-order chi connectivity index (χ0) is 15.5. The molecule has 114 valence electrons. The van der Waals surface area contributed by atoms with Gasteiger partial charge in [0.15, 0.2) is 0 Å². The first-order chi connectivity index (χ1) is 10.7. The van der Waals surface area contributed by atoms with Crippen LogP contribution in [0.5, 0.6) is 0 Å². The van der Waals surface area contributed by atoms with Crippen LogP contribution in [0.1, 0.15) is 18.2 Å². The lowest BCUT2D eigenvalue weighted by molar-refractivity contribution is -0.898. The third-order valence-corrected chi connectivity index (χ3v) is 4.24. The number of oxazole rings is 1. The van der Waals surface area contributed by atoms with Crippen LogP contribution in [0.25, 0.3) is 11.5 Å². The Bertz CT molecular complexity index is 693. The van der Waals surface area contributed by atoms with E-state index in [2.05, 4.69) is 22.9 Å². The van der Waals surface area contributed by atoms with Gasteiger partial charge < -0.3 is 14.2 Å². The molecular formula is C17H21N4O+. The molecule has 5 nitrogen and oxygen atoms in total. The molecule has 0 amide bonds. The Labute approximate surface area is 130 Å². The van der Waals surface area contributed by atoms with Gasteiger partial charge >= 0.3 is 0 Å². The second-order valence-corrected chi connectivity index (χ2v) is 5.74. The van der Waals surface area contributed by atoms with Crippen molar-refractivity contribution in [3.05, 3.63) is 35.5 Å². The van der Waals surface area contributed by atoms with E-state index < -0.39 is 0 Å². The van der Waals surface area contributed by atoms with E-state index in [9.17, 15) is 5.26 Å². The molecule has 1 fully saturated rings. The summed E-state index contributed by atoms with van der Waals surface area (Å²) < 4.78 is 5.94. The van der Waals surface area contributed by atoms with E-state index in [-0.39, 0.29) is 0 Å². The summed E-state index contributed by atoms with van der Waals surface area (Å²) in [5, 5.41) is 9.36. The van der Waals surface area contributed by atoms with E-state index in [1.165, 1.54) is 0 Å². The molecule has 22 heavy (non-hydrogen) atoms. The summed E-state index contributed by atoms with van der Waals surface area (Å²) in [6, 6.07) is 10.2. The number of nitrogens with zero attached hydrogens (tertiary/aromatic N) is 3. The van der Waals surface area contributed by atoms with E-state index >= 15 is 0 Å². The van der Waals surface area contributed by atoms with E-state index in [1.54, 1.807) is 4.90 Å². The first-order valence-corrected chi connectivity index (χ1v) is 7.77. The van der Waals surface area contributed by atoms with E-state index in [1.807, 2.05) is 31.2 Å². The van der Waals surface area contributed by atoms with Gasteiger partial charge in [-0.15, -0.1) is 0 Å². The molecule has 0 unspecified atom stereocenters. The number of hydrogen-bond acceptors (Lipinski definition) is 4. The minimum absolute atomic E-state index is 0.386. The highest BCUT2D eigenvalue weighted by molar-refractivity contribution is 5.60. The number of anilines is 1. The van der Waals surface area contributed by atoms with Gasteiger partial charge in [-0.2, -0.15) is 10.2 Å². The number of aryl methyl sites for hydroxylation is 1. The number of piperazine rings is 1. The van der Waals surface area contributed by atoms with Crippen LogP contribution in [0, 0.1) is 18.3 Å². The number of nitriles is 1. The summed E-state index contributed by atoms with van der Waals surface area (Å²) in [4.78, 5) is 8.11. The van der Waals surface area contributed by atoms with Gasteiger partial charge in [0.25, 0.3) is 0 Å². The largest absolute Gasteiger partial charge is 0.419 e. The van der Waals surface area contributed by atoms with Crippen molar-refractivity contribution in [1.29, 1.82) is 5.26 Å². The van der Waals surface area contributed by atoms with Crippen molar-refractivity contribution >= 4 is 5.88 Å². The van der Waals surface area contributed by atoms with Gasteiger partial charge in [0.2, 0.25) is 17.5 Å². The Morgan fingerprint density at radius 3 is 2.77 bits per heavy atom. The molecule has 1 saturated heterocycles. The van der Waals surface area contributed by atoms with Crippen LogP contribution in [0.3, 0.4) is 0 Å². The summed E-state index contributed by atoms with van der Waals surface area (Å²) in [6.07, 6.45) is 0. The van der Waals surface area contributed by atoms with Crippen molar-refractivity contribution in [2.75, 3.05) is 37.6 Å². The Balaban J connectivity index is 1.88. The minimum Gasteiger partial charge on any atom is -0.419 e. The highest BCUT2D eigenvalue weighted by Gasteiger charge is 2.25. The quantitative estimate of drug-likeness (QED) is 0.926. The molecule has 0 bridgehead atoms. The summed E-state index contributed by atoms with van der Waals surface area (Å²) in [6.45, 7) is 9.33. The number of benzene rings is 1. The topological polar surface area (TPSA) is 57.5 Å².